The lowest BCUT2D eigenvalue weighted by molar-refractivity contribution is -0.123. The van der Waals surface area contributed by atoms with Gasteiger partial charge in [-0.2, -0.15) is 0 Å². The summed E-state index contributed by atoms with van der Waals surface area (Å²) in [6.45, 7) is 4.65. The second-order valence-electron chi connectivity index (χ2n) is 3.18. The Morgan fingerprint density at radius 1 is 1.42 bits per heavy atom. The van der Waals surface area contributed by atoms with Crippen LogP contribution in [0.4, 0.5) is 4.39 Å². The predicted octanol–water partition coefficient (Wildman–Crippen LogP) is 0.322. The van der Waals surface area contributed by atoms with E-state index in [1.807, 2.05) is 0 Å². The van der Waals surface area contributed by atoms with Crippen LogP contribution < -0.4 is 5.32 Å². The molecule has 0 saturated heterocycles. The Balaban J connectivity index is 4.26. The molecule has 1 amide bonds. The number of carbonyl (C=O) groups excluding carboxylic acids is 1. The topological polar surface area (TPSA) is 29.1 Å². The van der Waals surface area contributed by atoms with Crippen LogP contribution >= 0.6 is 0 Å². The van der Waals surface area contributed by atoms with Crippen molar-refractivity contribution in [1.29, 1.82) is 0 Å². The first-order valence-electron chi connectivity index (χ1n) is 3.81. The highest BCUT2D eigenvalue weighted by molar-refractivity contribution is 6.51. The highest BCUT2D eigenvalue weighted by Gasteiger charge is 2.32. The lowest BCUT2D eigenvalue weighted by Gasteiger charge is -2.27. The zero-order valence-corrected chi connectivity index (χ0v) is 7.60. The minimum atomic E-state index is -1.93. The molecular weight excluding hydrogens is 155 g/mol. The molecular formula is C7H12B2FNO. The molecule has 4 radical (unpaired) electrons. The second kappa shape index (κ2) is 3.97. The van der Waals surface area contributed by atoms with E-state index in [0.29, 0.717) is 0 Å². The summed E-state index contributed by atoms with van der Waals surface area (Å²) >= 11 is 0. The first kappa shape index (κ1) is 11.5. The van der Waals surface area contributed by atoms with Crippen molar-refractivity contribution in [3.8, 4) is 0 Å². The normalized spacial score (nSPS) is 14.4. The van der Waals surface area contributed by atoms with Crippen molar-refractivity contribution >= 4 is 21.6 Å². The molecule has 0 aliphatic carbocycles. The minimum Gasteiger partial charge on any atom is -0.355 e. The molecule has 0 spiro atoms. The van der Waals surface area contributed by atoms with Crippen LogP contribution in [0.5, 0.6) is 0 Å². The van der Waals surface area contributed by atoms with E-state index >= 15 is 0 Å². The summed E-state index contributed by atoms with van der Waals surface area (Å²) in [6.07, 6.45) is -1.57. The summed E-state index contributed by atoms with van der Waals surface area (Å²) < 4.78 is 12.7. The summed E-state index contributed by atoms with van der Waals surface area (Å²) in [5.74, 6) is -0.674. The number of rotatable bonds is 3. The van der Waals surface area contributed by atoms with Crippen LogP contribution in [-0.4, -0.2) is 33.8 Å². The Labute approximate surface area is 75.1 Å². The maximum absolute atomic E-state index is 12.7. The summed E-state index contributed by atoms with van der Waals surface area (Å²) in [5.41, 5.74) is 0. The van der Waals surface area contributed by atoms with E-state index in [-0.39, 0.29) is 6.04 Å². The maximum Gasteiger partial charge on any atom is 0.212 e. The van der Waals surface area contributed by atoms with Gasteiger partial charge in [-0.25, -0.2) is 4.39 Å². The minimum absolute atomic E-state index is 0.0947. The maximum atomic E-state index is 12.7. The number of amides is 1. The van der Waals surface area contributed by atoms with Crippen molar-refractivity contribution < 1.29 is 9.18 Å². The molecule has 0 aromatic rings. The Morgan fingerprint density at radius 2 is 1.83 bits per heavy atom. The van der Waals surface area contributed by atoms with E-state index in [2.05, 4.69) is 5.32 Å². The molecule has 1 N–H and O–H groups in total. The zero-order valence-electron chi connectivity index (χ0n) is 7.60. The van der Waals surface area contributed by atoms with Crippen LogP contribution in [0.1, 0.15) is 20.8 Å². The molecule has 0 aliphatic rings. The van der Waals surface area contributed by atoms with Gasteiger partial charge in [0.2, 0.25) is 5.91 Å². The summed E-state index contributed by atoms with van der Waals surface area (Å²) in [6, 6.07) is -0.0947. The van der Waals surface area contributed by atoms with Gasteiger partial charge in [-0.05, 0) is 20.8 Å². The third-order valence-corrected chi connectivity index (χ3v) is 1.47. The molecule has 1 unspecified atom stereocenters. The van der Waals surface area contributed by atoms with Gasteiger partial charge in [-0.3, -0.25) is 4.79 Å². The largest absolute Gasteiger partial charge is 0.355 e. The first-order valence-corrected chi connectivity index (χ1v) is 3.81. The van der Waals surface area contributed by atoms with Crippen molar-refractivity contribution in [1.82, 2.24) is 5.32 Å². The van der Waals surface area contributed by atoms with Gasteiger partial charge < -0.3 is 5.32 Å². The van der Waals surface area contributed by atoms with Gasteiger partial charge in [0.25, 0.3) is 0 Å². The fourth-order valence-electron chi connectivity index (χ4n) is 0.568. The average Bonchev–Trinajstić information content (AvgIpc) is 1.85. The van der Waals surface area contributed by atoms with Gasteiger partial charge in [0, 0.05) is 11.3 Å². The molecule has 0 heterocycles. The van der Waals surface area contributed by atoms with Crippen LogP contribution in [0, 0.1) is 0 Å². The Hall–Kier alpha value is -0.470. The van der Waals surface area contributed by atoms with Crippen LogP contribution in [0.15, 0.2) is 0 Å². The lowest BCUT2D eigenvalue weighted by Crippen LogP contribution is -2.44. The van der Waals surface area contributed by atoms with Gasteiger partial charge in [-0.1, -0.05) is 0 Å². The number of nitrogens with one attached hydrogen (secondary N) is 1. The number of halogens is 1. The Morgan fingerprint density at radius 3 is 2.08 bits per heavy atom. The van der Waals surface area contributed by atoms with Crippen LogP contribution in [-0.2, 0) is 4.79 Å². The first-order chi connectivity index (χ1) is 5.28. The molecule has 12 heavy (non-hydrogen) atoms. The van der Waals surface area contributed by atoms with Crippen molar-refractivity contribution in [2.75, 3.05) is 0 Å². The molecule has 0 rings (SSSR count). The van der Waals surface area contributed by atoms with E-state index in [1.165, 1.54) is 0 Å². The van der Waals surface area contributed by atoms with E-state index in [9.17, 15) is 9.18 Å². The Kier molecular flexibility index (Phi) is 3.81. The highest BCUT2D eigenvalue weighted by atomic mass is 19.1. The van der Waals surface area contributed by atoms with Crippen LogP contribution in [0.2, 0.25) is 5.21 Å². The smallest absolute Gasteiger partial charge is 0.212 e. The SMILES string of the molecule is [B]C([B])(C(=O)NC(C)C)C(C)F. The van der Waals surface area contributed by atoms with E-state index in [0.717, 1.165) is 6.92 Å². The Bertz CT molecular complexity index is 171. The van der Waals surface area contributed by atoms with Gasteiger partial charge in [-0.15, -0.1) is 0 Å². The van der Waals surface area contributed by atoms with Crippen LogP contribution in [0.3, 0.4) is 0 Å². The summed E-state index contributed by atoms with van der Waals surface area (Å²) in [5, 5.41) is 0.509. The van der Waals surface area contributed by atoms with Crippen molar-refractivity contribution in [3.63, 3.8) is 0 Å². The molecule has 1 atom stereocenters. The highest BCUT2D eigenvalue weighted by Crippen LogP contribution is 2.24. The number of carbonyl (C=O) groups is 1. The molecule has 0 saturated carbocycles. The molecule has 64 valence electrons. The van der Waals surface area contributed by atoms with Crippen molar-refractivity contribution in [2.45, 2.75) is 38.2 Å². The van der Waals surface area contributed by atoms with E-state index in [4.69, 9.17) is 15.7 Å². The van der Waals surface area contributed by atoms with Gasteiger partial charge >= 0.3 is 0 Å². The molecule has 0 bridgehead atoms. The third kappa shape index (κ3) is 2.87. The van der Waals surface area contributed by atoms with E-state index < -0.39 is 17.3 Å². The van der Waals surface area contributed by atoms with E-state index in [1.54, 1.807) is 13.8 Å². The summed E-state index contributed by atoms with van der Waals surface area (Å²) in [4.78, 5) is 11.1. The molecule has 5 heteroatoms. The van der Waals surface area contributed by atoms with Crippen molar-refractivity contribution in [3.05, 3.63) is 0 Å². The molecule has 0 aliphatic heterocycles. The lowest BCUT2D eigenvalue weighted by atomic mass is 9.51. The van der Waals surface area contributed by atoms with Crippen LogP contribution in [0.25, 0.3) is 0 Å². The monoisotopic (exact) mass is 167 g/mol. The van der Waals surface area contributed by atoms with Gasteiger partial charge in [0.05, 0.1) is 21.9 Å². The van der Waals surface area contributed by atoms with Gasteiger partial charge in [0.15, 0.2) is 0 Å². The number of hydrogen-bond acceptors (Lipinski definition) is 1. The molecule has 0 aromatic heterocycles. The second-order valence-corrected chi connectivity index (χ2v) is 3.18. The fourth-order valence-corrected chi connectivity index (χ4v) is 0.568. The predicted molar refractivity (Wildman–Crippen MR) is 48.0 cm³/mol. The molecule has 2 nitrogen and oxygen atoms in total. The molecule has 0 aromatic carbocycles. The third-order valence-electron chi connectivity index (χ3n) is 1.47. The quantitative estimate of drug-likeness (QED) is 0.602. The average molecular weight is 167 g/mol. The molecule has 0 fully saturated rings. The van der Waals surface area contributed by atoms with Crippen molar-refractivity contribution in [2.24, 2.45) is 0 Å². The zero-order chi connectivity index (χ0) is 9.94. The number of hydrogen-bond donors (Lipinski definition) is 1. The number of alkyl halides is 1. The summed E-state index contributed by atoms with van der Waals surface area (Å²) in [7, 11) is 10.5. The fraction of sp³-hybridized carbons (Fsp3) is 0.857. The standard InChI is InChI=1S/C7H12B2FNO/c1-4(2)11-6(12)7(8,9)5(3)10/h4-5H,1-3H3,(H,11,12). The van der Waals surface area contributed by atoms with Gasteiger partial charge in [0.1, 0.15) is 0 Å².